The first kappa shape index (κ1) is 23.9. The normalized spacial score (nSPS) is 7.24. The van der Waals surface area contributed by atoms with Gasteiger partial charge in [0.1, 0.15) is 0 Å². The first-order chi connectivity index (χ1) is 9.93. The predicted octanol–water partition coefficient (Wildman–Crippen LogP) is 3.22. The summed E-state index contributed by atoms with van der Waals surface area (Å²) < 4.78 is 15.0. The fourth-order valence-corrected chi connectivity index (χ4v) is 1.04. The summed E-state index contributed by atoms with van der Waals surface area (Å²) in [6.07, 6.45) is 4.76. The smallest absolute Gasteiger partial charge is 0.184 e. The van der Waals surface area contributed by atoms with E-state index in [4.69, 9.17) is 9.30 Å². The zero-order chi connectivity index (χ0) is 15.5. The zero-order valence-corrected chi connectivity index (χ0v) is 12.1. The fourth-order valence-electron chi connectivity index (χ4n) is 1.04. The number of benzene rings is 2. The Hall–Kier alpha value is -2.15. The van der Waals surface area contributed by atoms with Crippen molar-refractivity contribution >= 4 is 12.4 Å². The first-order valence-electron chi connectivity index (χ1n) is 5.34. The van der Waals surface area contributed by atoms with Crippen LogP contribution in [0.25, 0.3) is 6.08 Å². The van der Waals surface area contributed by atoms with Gasteiger partial charge in [0, 0.05) is 0 Å². The third-order valence-corrected chi connectivity index (χ3v) is 1.75. The van der Waals surface area contributed by atoms with Crippen molar-refractivity contribution in [3.63, 3.8) is 0 Å². The van der Waals surface area contributed by atoms with Crippen LogP contribution in [-0.4, -0.2) is 6.29 Å². The predicted molar refractivity (Wildman–Crippen MR) is 74.3 cm³/mol. The van der Waals surface area contributed by atoms with Crippen molar-refractivity contribution in [3.8, 4) is 0 Å². The van der Waals surface area contributed by atoms with Gasteiger partial charge in [0.05, 0.1) is 0 Å². The molecule has 0 amide bonds. The van der Waals surface area contributed by atoms with E-state index in [1.165, 1.54) is 6.08 Å². The van der Waals surface area contributed by atoms with Crippen molar-refractivity contribution in [2.75, 3.05) is 0 Å². The SMILES string of the molecule is O=[C-]/C=C/c1ccccc1.[C-]#[O+].[C-]#[O+].[Fe+2].[c-]1ccccc1. The molecule has 0 unspecified atom stereocenters. The quantitative estimate of drug-likeness (QED) is 0.363. The van der Waals surface area contributed by atoms with Crippen LogP contribution in [0.15, 0.2) is 66.7 Å². The number of rotatable bonds is 2. The largest absolute Gasteiger partial charge is 2.00 e. The van der Waals surface area contributed by atoms with Crippen LogP contribution in [0.1, 0.15) is 5.56 Å². The molecule has 0 aliphatic heterocycles. The summed E-state index contributed by atoms with van der Waals surface area (Å²) in [5.41, 5.74) is 1.02. The second kappa shape index (κ2) is 23.0. The summed E-state index contributed by atoms with van der Waals surface area (Å²) in [7, 11) is 0. The van der Waals surface area contributed by atoms with Crippen molar-refractivity contribution in [3.05, 3.63) is 91.7 Å². The van der Waals surface area contributed by atoms with Gasteiger partial charge in [-0.3, -0.25) is 0 Å². The van der Waals surface area contributed by atoms with Gasteiger partial charge in [-0.05, 0) is 6.29 Å². The Morgan fingerprint density at radius 2 is 1.38 bits per heavy atom. The van der Waals surface area contributed by atoms with Crippen molar-refractivity contribution in [2.24, 2.45) is 0 Å². The van der Waals surface area contributed by atoms with Crippen molar-refractivity contribution < 1.29 is 31.2 Å². The molecule has 106 valence electrons. The maximum absolute atomic E-state index is 9.77. The molecular weight excluding hydrogens is 308 g/mol. The molecule has 0 spiro atoms. The average Bonchev–Trinajstić information content (AvgIpc) is 2.60. The van der Waals surface area contributed by atoms with Crippen LogP contribution in [0, 0.1) is 19.4 Å². The molecule has 0 saturated heterocycles. The molecule has 0 heterocycles. The molecule has 2 rings (SSSR count). The van der Waals surface area contributed by atoms with Crippen LogP contribution >= 0.6 is 0 Å². The molecule has 2 aromatic carbocycles. The molecule has 0 aliphatic carbocycles. The number of carbonyl (C=O) groups excluding carboxylic acids is 1. The van der Waals surface area contributed by atoms with E-state index < -0.39 is 0 Å². The van der Waals surface area contributed by atoms with Gasteiger partial charge in [0.15, 0.2) is 0 Å². The zero-order valence-electron chi connectivity index (χ0n) is 11.0. The number of hydrogen-bond donors (Lipinski definition) is 0. The van der Waals surface area contributed by atoms with Crippen LogP contribution in [0.4, 0.5) is 0 Å². The number of hydrogen-bond acceptors (Lipinski definition) is 1. The molecule has 0 N–H and O–H groups in total. The number of allylic oxidation sites excluding steroid dienone is 1. The monoisotopic (exact) mass is 320 g/mol. The van der Waals surface area contributed by atoms with Gasteiger partial charge in [-0.1, -0.05) is 30.3 Å². The van der Waals surface area contributed by atoms with Gasteiger partial charge >= 0.3 is 39.7 Å². The van der Waals surface area contributed by atoms with Gasteiger partial charge in [-0.2, -0.15) is 42.5 Å². The molecule has 0 bridgehead atoms. The summed E-state index contributed by atoms with van der Waals surface area (Å²) in [5, 5.41) is 0. The van der Waals surface area contributed by atoms with Crippen LogP contribution < -0.4 is 0 Å². The molecule has 3 nitrogen and oxygen atoms in total. The van der Waals surface area contributed by atoms with Gasteiger partial charge in [0.25, 0.3) is 0 Å². The van der Waals surface area contributed by atoms with E-state index in [1.54, 1.807) is 12.4 Å². The molecule has 0 aromatic heterocycles. The minimum atomic E-state index is 0. The Kier molecular flexibility index (Phi) is 26.2. The Bertz CT molecular complexity index is 458. The molecular formula is C17H12FeO3. The van der Waals surface area contributed by atoms with Gasteiger partial charge in [0.2, 0.25) is 0 Å². The van der Waals surface area contributed by atoms with Crippen molar-refractivity contribution in [1.82, 2.24) is 0 Å². The molecule has 0 aliphatic rings. The van der Waals surface area contributed by atoms with E-state index in [1.807, 2.05) is 60.7 Å². The van der Waals surface area contributed by atoms with E-state index in [-0.39, 0.29) is 17.1 Å². The summed E-state index contributed by atoms with van der Waals surface area (Å²) in [4.78, 5) is 9.77. The molecule has 0 saturated carbocycles. The third kappa shape index (κ3) is 17.8. The Balaban J connectivity index is -0.000000255. The van der Waals surface area contributed by atoms with Crippen LogP contribution in [0.3, 0.4) is 0 Å². The van der Waals surface area contributed by atoms with E-state index in [0.29, 0.717) is 0 Å². The average molecular weight is 320 g/mol. The topological polar surface area (TPSA) is 56.9 Å². The molecule has 4 heteroatoms. The second-order valence-electron chi connectivity index (χ2n) is 2.94. The van der Waals surface area contributed by atoms with E-state index in [2.05, 4.69) is 19.4 Å². The van der Waals surface area contributed by atoms with E-state index in [0.717, 1.165) is 5.56 Å². The molecule has 2 aromatic rings. The maximum Gasteiger partial charge on any atom is 2.00 e. The van der Waals surface area contributed by atoms with E-state index in [9.17, 15) is 4.79 Å². The standard InChI is InChI=1S/C9H7O.C6H5.2CO.Fe/c10-8-4-7-9-5-2-1-3-6-9;1-2-4-6-5-3-1;2*1-2;/h1-7H;1-5H;;;/q2*-1;;;+2/b7-4+;;;;. The Morgan fingerprint density at radius 3 is 1.71 bits per heavy atom. The minimum Gasteiger partial charge on any atom is -0.184 e. The summed E-state index contributed by atoms with van der Waals surface area (Å²) >= 11 is 0. The van der Waals surface area contributed by atoms with Gasteiger partial charge in [-0.25, -0.2) is 6.08 Å². The second-order valence-corrected chi connectivity index (χ2v) is 2.94. The summed E-state index contributed by atoms with van der Waals surface area (Å²) in [5.74, 6) is 0. The summed E-state index contributed by atoms with van der Waals surface area (Å²) in [6, 6.07) is 22.1. The van der Waals surface area contributed by atoms with Crippen LogP contribution in [0.5, 0.6) is 0 Å². The van der Waals surface area contributed by atoms with E-state index >= 15 is 0 Å². The molecule has 21 heavy (non-hydrogen) atoms. The Labute approximate surface area is 135 Å². The summed E-state index contributed by atoms with van der Waals surface area (Å²) in [6.45, 7) is 9.00. The Morgan fingerprint density at radius 1 is 0.905 bits per heavy atom. The minimum absolute atomic E-state index is 0. The first-order valence-corrected chi connectivity index (χ1v) is 5.34. The van der Waals surface area contributed by atoms with Gasteiger partial charge < -0.3 is 4.79 Å². The molecule has 0 atom stereocenters. The van der Waals surface area contributed by atoms with Crippen molar-refractivity contribution in [2.45, 2.75) is 0 Å². The van der Waals surface area contributed by atoms with Crippen LogP contribution in [-0.2, 0) is 31.2 Å². The maximum atomic E-state index is 9.77. The molecule has 0 fully saturated rings. The fraction of sp³-hybridized carbons (Fsp3) is 0. The van der Waals surface area contributed by atoms with Crippen molar-refractivity contribution in [1.29, 1.82) is 0 Å². The van der Waals surface area contributed by atoms with Gasteiger partial charge in [-0.15, -0.1) is 5.56 Å². The molecule has 0 radical (unpaired) electrons. The van der Waals surface area contributed by atoms with Crippen LogP contribution in [0.2, 0.25) is 0 Å². The third-order valence-electron chi connectivity index (χ3n) is 1.75.